The van der Waals surface area contributed by atoms with Crippen LogP contribution < -0.4 is 5.32 Å². The Kier molecular flexibility index (Phi) is 4.03. The molecule has 20 heavy (non-hydrogen) atoms. The third-order valence-electron chi connectivity index (χ3n) is 3.72. The lowest BCUT2D eigenvalue weighted by Gasteiger charge is -2.23. The maximum atomic E-state index is 11.4. The van der Waals surface area contributed by atoms with Gasteiger partial charge in [0, 0.05) is 11.8 Å². The molecule has 6 heteroatoms. The van der Waals surface area contributed by atoms with E-state index in [2.05, 4.69) is 17.4 Å². The van der Waals surface area contributed by atoms with Gasteiger partial charge in [0.15, 0.2) is 5.17 Å². The standard InChI is InChI=1S/C14H18N2O2S2/c17-20(18)8-6-12(7-9-20)15-14-16-13(10-19-14)11-4-2-1-3-5-11/h1-5,12-13H,6-10H2,(H,15,16). The van der Waals surface area contributed by atoms with E-state index in [4.69, 9.17) is 4.99 Å². The second-order valence-electron chi connectivity index (χ2n) is 5.24. The highest BCUT2D eigenvalue weighted by atomic mass is 32.2. The maximum Gasteiger partial charge on any atom is 0.157 e. The minimum absolute atomic E-state index is 0.219. The Bertz CT molecular complexity index is 585. The highest BCUT2D eigenvalue weighted by Crippen LogP contribution is 2.29. The van der Waals surface area contributed by atoms with Crippen LogP contribution in [0.5, 0.6) is 0 Å². The molecule has 108 valence electrons. The molecule has 1 atom stereocenters. The summed E-state index contributed by atoms with van der Waals surface area (Å²) in [5.41, 5.74) is 1.24. The van der Waals surface area contributed by atoms with Crippen molar-refractivity contribution in [1.29, 1.82) is 0 Å². The number of sulfone groups is 1. The van der Waals surface area contributed by atoms with E-state index in [9.17, 15) is 8.42 Å². The number of hydrogen-bond donors (Lipinski definition) is 1. The number of amidine groups is 1. The molecule has 3 rings (SSSR count). The van der Waals surface area contributed by atoms with E-state index in [1.54, 1.807) is 11.8 Å². The first-order valence-corrected chi connectivity index (χ1v) is 9.66. The third-order valence-corrected chi connectivity index (χ3v) is 6.41. The van der Waals surface area contributed by atoms with Crippen LogP contribution in [0.3, 0.4) is 0 Å². The summed E-state index contributed by atoms with van der Waals surface area (Å²) in [6.07, 6.45) is 1.38. The van der Waals surface area contributed by atoms with Gasteiger partial charge < -0.3 is 5.32 Å². The minimum atomic E-state index is -2.79. The molecule has 1 aromatic rings. The first-order valence-electron chi connectivity index (χ1n) is 6.85. The van der Waals surface area contributed by atoms with Gasteiger partial charge in [0.2, 0.25) is 0 Å². The van der Waals surface area contributed by atoms with Gasteiger partial charge in [-0.3, -0.25) is 4.99 Å². The minimum Gasteiger partial charge on any atom is -0.362 e. The molecule has 0 amide bonds. The van der Waals surface area contributed by atoms with E-state index in [1.807, 2.05) is 18.2 Å². The van der Waals surface area contributed by atoms with Crippen molar-refractivity contribution in [2.24, 2.45) is 4.99 Å². The molecule has 0 bridgehead atoms. The predicted octanol–water partition coefficient (Wildman–Crippen LogP) is 2.00. The van der Waals surface area contributed by atoms with Crippen LogP contribution in [0.2, 0.25) is 0 Å². The smallest absolute Gasteiger partial charge is 0.157 e. The fraction of sp³-hybridized carbons (Fsp3) is 0.500. The molecule has 1 N–H and O–H groups in total. The SMILES string of the molecule is O=S1(=O)CCC(NC2=NC(c3ccccc3)CS2)CC1. The normalized spacial score (nSPS) is 26.2. The molecule has 2 aliphatic heterocycles. The van der Waals surface area contributed by atoms with E-state index < -0.39 is 9.84 Å². The van der Waals surface area contributed by atoms with Crippen LogP contribution in [0.15, 0.2) is 35.3 Å². The number of aliphatic imine (C=N–C) groups is 1. The largest absolute Gasteiger partial charge is 0.362 e. The van der Waals surface area contributed by atoms with Crippen LogP contribution in [0.25, 0.3) is 0 Å². The molecule has 0 spiro atoms. The van der Waals surface area contributed by atoms with Crippen molar-refractivity contribution in [3.05, 3.63) is 35.9 Å². The van der Waals surface area contributed by atoms with Crippen molar-refractivity contribution >= 4 is 26.8 Å². The highest BCUT2D eigenvalue weighted by molar-refractivity contribution is 8.14. The second-order valence-corrected chi connectivity index (χ2v) is 8.55. The van der Waals surface area contributed by atoms with E-state index in [-0.39, 0.29) is 12.1 Å². The Balaban J connectivity index is 1.60. The van der Waals surface area contributed by atoms with Crippen molar-refractivity contribution < 1.29 is 8.42 Å². The third kappa shape index (κ3) is 3.35. The van der Waals surface area contributed by atoms with E-state index in [1.165, 1.54) is 5.56 Å². The average Bonchev–Trinajstić information content (AvgIpc) is 2.91. The van der Waals surface area contributed by atoms with Gasteiger partial charge in [-0.05, 0) is 18.4 Å². The van der Waals surface area contributed by atoms with Crippen molar-refractivity contribution in [2.75, 3.05) is 17.3 Å². The Morgan fingerprint density at radius 1 is 1.15 bits per heavy atom. The van der Waals surface area contributed by atoms with Gasteiger partial charge >= 0.3 is 0 Å². The van der Waals surface area contributed by atoms with Gasteiger partial charge in [-0.25, -0.2) is 8.42 Å². The Morgan fingerprint density at radius 3 is 2.55 bits per heavy atom. The topological polar surface area (TPSA) is 58.5 Å². The lowest BCUT2D eigenvalue weighted by atomic mass is 10.1. The molecular weight excluding hydrogens is 292 g/mol. The van der Waals surface area contributed by atoms with Crippen LogP contribution in [0, 0.1) is 0 Å². The first kappa shape index (κ1) is 13.9. The molecule has 4 nitrogen and oxygen atoms in total. The number of rotatable bonds is 2. The summed E-state index contributed by atoms with van der Waals surface area (Å²) >= 11 is 1.73. The van der Waals surface area contributed by atoms with Crippen LogP contribution in [0.4, 0.5) is 0 Å². The number of benzene rings is 1. The van der Waals surface area contributed by atoms with E-state index >= 15 is 0 Å². The zero-order valence-corrected chi connectivity index (χ0v) is 12.8. The first-order chi connectivity index (χ1) is 9.62. The number of nitrogens with one attached hydrogen (secondary N) is 1. The van der Waals surface area contributed by atoms with Gasteiger partial charge in [0.05, 0.1) is 17.5 Å². The van der Waals surface area contributed by atoms with Gasteiger partial charge in [0.25, 0.3) is 0 Å². The molecule has 0 saturated carbocycles. The monoisotopic (exact) mass is 310 g/mol. The van der Waals surface area contributed by atoms with Crippen molar-refractivity contribution in [3.63, 3.8) is 0 Å². The number of hydrogen-bond acceptors (Lipinski definition) is 5. The summed E-state index contributed by atoms with van der Waals surface area (Å²) in [7, 11) is -2.79. The quantitative estimate of drug-likeness (QED) is 0.907. The summed E-state index contributed by atoms with van der Waals surface area (Å²) < 4.78 is 22.8. The van der Waals surface area contributed by atoms with Gasteiger partial charge in [-0.1, -0.05) is 42.1 Å². The number of thioether (sulfide) groups is 1. The second kappa shape index (κ2) is 5.77. The van der Waals surface area contributed by atoms with Gasteiger partial charge in [-0.15, -0.1) is 0 Å². The van der Waals surface area contributed by atoms with Crippen molar-refractivity contribution in [3.8, 4) is 0 Å². The average molecular weight is 310 g/mol. The van der Waals surface area contributed by atoms with Crippen LogP contribution in [0.1, 0.15) is 24.4 Å². The van der Waals surface area contributed by atoms with Crippen molar-refractivity contribution in [1.82, 2.24) is 5.32 Å². The Morgan fingerprint density at radius 2 is 1.85 bits per heavy atom. The molecule has 1 aromatic carbocycles. The fourth-order valence-electron chi connectivity index (χ4n) is 2.51. The maximum absolute atomic E-state index is 11.4. The van der Waals surface area contributed by atoms with Gasteiger partial charge in [0.1, 0.15) is 9.84 Å². The molecule has 0 radical (unpaired) electrons. The van der Waals surface area contributed by atoms with Crippen LogP contribution in [-0.4, -0.2) is 36.9 Å². The fourth-order valence-corrected chi connectivity index (χ4v) is 5.03. The highest BCUT2D eigenvalue weighted by Gasteiger charge is 2.26. The molecule has 0 aliphatic carbocycles. The van der Waals surface area contributed by atoms with Crippen molar-refractivity contribution in [2.45, 2.75) is 24.9 Å². The van der Waals surface area contributed by atoms with E-state index in [0.29, 0.717) is 24.3 Å². The zero-order chi connectivity index (χ0) is 14.0. The lowest BCUT2D eigenvalue weighted by Crippen LogP contribution is -2.39. The van der Waals surface area contributed by atoms with Gasteiger partial charge in [-0.2, -0.15) is 0 Å². The van der Waals surface area contributed by atoms with E-state index in [0.717, 1.165) is 10.9 Å². The molecule has 2 heterocycles. The summed E-state index contributed by atoms with van der Waals surface area (Å²) in [6.45, 7) is 0. The molecule has 1 unspecified atom stereocenters. The van der Waals surface area contributed by atoms with Crippen LogP contribution >= 0.6 is 11.8 Å². The predicted molar refractivity (Wildman–Crippen MR) is 83.9 cm³/mol. The number of nitrogens with zero attached hydrogens (tertiary/aromatic N) is 1. The lowest BCUT2D eigenvalue weighted by molar-refractivity contribution is 0.522. The molecule has 1 fully saturated rings. The molecule has 0 aromatic heterocycles. The summed E-state index contributed by atoms with van der Waals surface area (Å²) in [5, 5.41) is 4.37. The van der Waals surface area contributed by atoms with Crippen LogP contribution in [-0.2, 0) is 9.84 Å². The summed E-state index contributed by atoms with van der Waals surface area (Å²) in [4.78, 5) is 4.71. The molecule has 1 saturated heterocycles. The summed E-state index contributed by atoms with van der Waals surface area (Å²) in [6, 6.07) is 10.8. The molecular formula is C14H18N2O2S2. The summed E-state index contributed by atoms with van der Waals surface area (Å²) in [5.74, 6) is 1.55. The molecule has 2 aliphatic rings. The Labute approximate surface area is 124 Å². The zero-order valence-electron chi connectivity index (χ0n) is 11.2. The Hall–Kier alpha value is -1.01.